The van der Waals surface area contributed by atoms with Gasteiger partial charge in [-0.1, -0.05) is 24.3 Å². The van der Waals surface area contributed by atoms with Gasteiger partial charge in [0.05, 0.1) is 29.9 Å². The molecule has 0 radical (unpaired) electrons. The highest BCUT2D eigenvalue weighted by molar-refractivity contribution is 7.71. The van der Waals surface area contributed by atoms with Crippen molar-refractivity contribution >= 4 is 33.8 Å². The standard InChI is InChI=1S/C20H21N5OS2/c1-23(12-18-21-15-9-5-7-11-17(15)28-18)13-25-20(27)24(2)19(22-25)14-8-4-6-10-16(14)26-3/h4-11H,12-13H2,1-3H3/p+1. The maximum absolute atomic E-state index is 5.63. The maximum atomic E-state index is 5.63. The number of aromatic nitrogens is 4. The number of fused-ring (bicyclic) bond motifs is 1. The molecule has 2 aromatic heterocycles. The SMILES string of the molecule is COc1ccccc1-c1nn(C[NH+](C)Cc2nc3ccccc3s2)c(=S)n1C. The van der Waals surface area contributed by atoms with Gasteiger partial charge in [-0.15, -0.1) is 16.4 Å². The smallest absolute Gasteiger partial charge is 0.202 e. The molecule has 0 aliphatic carbocycles. The van der Waals surface area contributed by atoms with Crippen molar-refractivity contribution in [2.24, 2.45) is 7.05 Å². The minimum atomic E-state index is 0.664. The second-order valence-electron chi connectivity index (χ2n) is 6.73. The molecule has 2 heterocycles. The molecule has 0 aliphatic heterocycles. The number of rotatable bonds is 6. The quantitative estimate of drug-likeness (QED) is 0.495. The topological polar surface area (TPSA) is 49.3 Å². The largest absolute Gasteiger partial charge is 0.496 e. The van der Waals surface area contributed by atoms with Crippen LogP contribution in [0.25, 0.3) is 21.6 Å². The number of nitrogens with zero attached hydrogens (tertiary/aromatic N) is 4. The molecular formula is C20H22N5OS2+. The van der Waals surface area contributed by atoms with E-state index in [0.717, 1.165) is 34.2 Å². The lowest BCUT2D eigenvalue weighted by atomic mass is 10.2. The molecule has 6 nitrogen and oxygen atoms in total. The fourth-order valence-electron chi connectivity index (χ4n) is 3.22. The van der Waals surface area contributed by atoms with Crippen molar-refractivity contribution in [3.63, 3.8) is 0 Å². The lowest BCUT2D eigenvalue weighted by Crippen LogP contribution is -3.07. The van der Waals surface area contributed by atoms with E-state index in [4.69, 9.17) is 27.0 Å². The van der Waals surface area contributed by atoms with Crippen LogP contribution in [0.3, 0.4) is 0 Å². The third-order valence-corrected chi connectivity index (χ3v) is 6.12. The number of ether oxygens (including phenoxy) is 1. The average Bonchev–Trinajstić information content (AvgIpc) is 3.23. The van der Waals surface area contributed by atoms with Gasteiger partial charge in [-0.2, -0.15) is 4.68 Å². The fraction of sp³-hybridized carbons (Fsp3) is 0.250. The van der Waals surface area contributed by atoms with E-state index in [1.807, 2.05) is 52.7 Å². The molecule has 0 spiro atoms. The van der Waals surface area contributed by atoms with Gasteiger partial charge in [0.25, 0.3) is 0 Å². The van der Waals surface area contributed by atoms with E-state index in [0.29, 0.717) is 11.4 Å². The van der Waals surface area contributed by atoms with E-state index in [1.54, 1.807) is 18.4 Å². The lowest BCUT2D eigenvalue weighted by Gasteiger charge is -2.11. The number of hydrogen-bond donors (Lipinski definition) is 1. The van der Waals surface area contributed by atoms with Crippen LogP contribution in [0.1, 0.15) is 5.01 Å². The van der Waals surface area contributed by atoms with E-state index >= 15 is 0 Å². The summed E-state index contributed by atoms with van der Waals surface area (Å²) in [7, 11) is 5.74. The zero-order valence-corrected chi connectivity index (χ0v) is 17.7. The Morgan fingerprint density at radius 3 is 2.68 bits per heavy atom. The Morgan fingerprint density at radius 1 is 1.14 bits per heavy atom. The Bertz CT molecular complexity index is 1140. The van der Waals surface area contributed by atoms with Crippen molar-refractivity contribution in [1.29, 1.82) is 0 Å². The highest BCUT2D eigenvalue weighted by Gasteiger charge is 2.16. The van der Waals surface area contributed by atoms with Crippen LogP contribution in [0, 0.1) is 4.77 Å². The fourth-order valence-corrected chi connectivity index (χ4v) is 4.49. The lowest BCUT2D eigenvalue weighted by molar-refractivity contribution is -0.917. The van der Waals surface area contributed by atoms with Crippen molar-refractivity contribution in [3.05, 3.63) is 58.3 Å². The summed E-state index contributed by atoms with van der Waals surface area (Å²) in [5.41, 5.74) is 1.99. The molecule has 28 heavy (non-hydrogen) atoms. The van der Waals surface area contributed by atoms with Gasteiger partial charge in [-0.25, -0.2) is 4.98 Å². The van der Waals surface area contributed by atoms with Crippen LogP contribution in [-0.4, -0.2) is 33.5 Å². The Hall–Kier alpha value is -2.55. The number of benzene rings is 2. The first-order valence-corrected chi connectivity index (χ1v) is 10.2. The molecule has 0 amide bonds. The third kappa shape index (κ3) is 3.58. The molecule has 0 saturated heterocycles. The van der Waals surface area contributed by atoms with E-state index in [2.05, 4.69) is 19.2 Å². The summed E-state index contributed by atoms with van der Waals surface area (Å²) in [5, 5.41) is 5.89. The Labute approximate surface area is 172 Å². The highest BCUT2D eigenvalue weighted by Crippen LogP contribution is 2.28. The van der Waals surface area contributed by atoms with Gasteiger partial charge in [0.2, 0.25) is 4.77 Å². The van der Waals surface area contributed by atoms with E-state index in [9.17, 15) is 0 Å². The van der Waals surface area contributed by atoms with Gasteiger partial charge in [0.1, 0.15) is 17.3 Å². The Kier molecular flexibility index (Phi) is 5.25. The number of thiazole rings is 1. The normalized spacial score (nSPS) is 12.4. The van der Waals surface area contributed by atoms with Crippen LogP contribution in [-0.2, 0) is 20.3 Å². The zero-order chi connectivity index (χ0) is 19.7. The summed E-state index contributed by atoms with van der Waals surface area (Å²) in [6.07, 6.45) is 0. The summed E-state index contributed by atoms with van der Waals surface area (Å²) in [5.74, 6) is 1.59. The molecule has 0 saturated carbocycles. The molecule has 1 N–H and O–H groups in total. The van der Waals surface area contributed by atoms with Crippen molar-refractivity contribution < 1.29 is 9.64 Å². The van der Waals surface area contributed by atoms with E-state index in [1.165, 1.54) is 9.60 Å². The summed E-state index contributed by atoms with van der Waals surface area (Å²) in [6, 6.07) is 16.1. The average molecular weight is 413 g/mol. The molecule has 0 fully saturated rings. The Morgan fingerprint density at radius 2 is 1.89 bits per heavy atom. The first kappa shape index (κ1) is 18.8. The van der Waals surface area contributed by atoms with Crippen LogP contribution in [0.5, 0.6) is 5.75 Å². The first-order chi connectivity index (χ1) is 13.6. The minimum absolute atomic E-state index is 0.664. The predicted octanol–water partition coefficient (Wildman–Crippen LogP) is 2.91. The molecule has 1 unspecified atom stereocenters. The van der Waals surface area contributed by atoms with Gasteiger partial charge in [-0.05, 0) is 36.5 Å². The van der Waals surface area contributed by atoms with Crippen molar-refractivity contribution in [2.75, 3.05) is 14.2 Å². The number of methoxy groups -OCH3 is 1. The van der Waals surface area contributed by atoms with E-state index < -0.39 is 0 Å². The molecule has 0 aliphatic rings. The maximum Gasteiger partial charge on any atom is 0.202 e. The van der Waals surface area contributed by atoms with Crippen molar-refractivity contribution in [3.8, 4) is 17.1 Å². The molecule has 1 atom stereocenters. The van der Waals surface area contributed by atoms with Crippen molar-refractivity contribution in [1.82, 2.24) is 19.3 Å². The molecule has 2 aromatic carbocycles. The molecule has 4 rings (SSSR count). The number of hydrogen-bond acceptors (Lipinski definition) is 5. The van der Waals surface area contributed by atoms with Crippen LogP contribution < -0.4 is 9.64 Å². The van der Waals surface area contributed by atoms with Gasteiger partial charge in [-0.3, -0.25) is 0 Å². The Balaban J connectivity index is 1.57. The number of para-hydroxylation sites is 2. The number of nitrogens with one attached hydrogen (secondary N) is 1. The van der Waals surface area contributed by atoms with Gasteiger partial charge < -0.3 is 14.2 Å². The molecule has 144 valence electrons. The minimum Gasteiger partial charge on any atom is -0.496 e. The van der Waals surface area contributed by atoms with Crippen LogP contribution >= 0.6 is 23.6 Å². The summed E-state index contributed by atoms with van der Waals surface area (Å²) >= 11 is 7.37. The van der Waals surface area contributed by atoms with Crippen LogP contribution in [0.15, 0.2) is 48.5 Å². The molecule has 0 bridgehead atoms. The summed E-state index contributed by atoms with van der Waals surface area (Å²) in [4.78, 5) is 5.99. The molecule has 8 heteroatoms. The summed E-state index contributed by atoms with van der Waals surface area (Å²) in [6.45, 7) is 1.49. The zero-order valence-electron chi connectivity index (χ0n) is 16.0. The third-order valence-electron chi connectivity index (χ3n) is 4.60. The number of quaternary nitrogens is 1. The van der Waals surface area contributed by atoms with Gasteiger partial charge >= 0.3 is 0 Å². The predicted molar refractivity (Wildman–Crippen MR) is 114 cm³/mol. The highest BCUT2D eigenvalue weighted by atomic mass is 32.1. The van der Waals surface area contributed by atoms with E-state index in [-0.39, 0.29) is 0 Å². The van der Waals surface area contributed by atoms with Crippen molar-refractivity contribution in [2.45, 2.75) is 13.2 Å². The molecule has 4 aromatic rings. The van der Waals surface area contributed by atoms with Gasteiger partial charge in [0, 0.05) is 7.05 Å². The van der Waals surface area contributed by atoms with Crippen LogP contribution in [0.2, 0.25) is 0 Å². The van der Waals surface area contributed by atoms with Crippen LogP contribution in [0.4, 0.5) is 0 Å². The summed E-state index contributed by atoms with van der Waals surface area (Å²) < 4.78 is 11.2. The second-order valence-corrected chi connectivity index (χ2v) is 8.21. The monoisotopic (exact) mass is 412 g/mol. The molecular weight excluding hydrogens is 390 g/mol. The first-order valence-electron chi connectivity index (χ1n) is 9.00. The van der Waals surface area contributed by atoms with Gasteiger partial charge in [0.15, 0.2) is 12.5 Å². The second kappa shape index (κ2) is 7.83.